The topological polar surface area (TPSA) is 30.9 Å². The van der Waals surface area contributed by atoms with Gasteiger partial charge in [-0.25, -0.2) is 8.78 Å². The van der Waals surface area contributed by atoms with Crippen molar-refractivity contribution in [2.24, 2.45) is 0 Å². The van der Waals surface area contributed by atoms with E-state index in [0.29, 0.717) is 23.0 Å². The zero-order valence-electron chi connectivity index (χ0n) is 55.9. The molecule has 103 heavy (non-hydrogen) atoms. The maximum Gasteiger partial charge on any atom is 0.132 e. The molecule has 3 aliphatic carbocycles. The predicted molar refractivity (Wildman–Crippen MR) is 412 cm³/mol. The van der Waals surface area contributed by atoms with Gasteiger partial charge in [-0.05, 0) is 239 Å². The fraction of sp³-hybridized carbons (Fsp3) is 0.0309. The third-order valence-electron chi connectivity index (χ3n) is 21.7. The van der Waals surface area contributed by atoms with Crippen LogP contribution in [0.25, 0.3) is 56.7 Å². The second-order valence-electron chi connectivity index (χ2n) is 26.9. The number of rotatable bonds is 14. The van der Waals surface area contributed by atoms with E-state index < -0.39 is 16.2 Å². The highest BCUT2D eigenvalue weighted by Gasteiger charge is 2.52. The number of fused-ring (bicyclic) bond motifs is 15. The maximum absolute atomic E-state index is 15.6. The Kier molecular flexibility index (Phi) is 14.2. The largest absolute Gasteiger partial charge is 0.457 e. The summed E-state index contributed by atoms with van der Waals surface area (Å²) in [5.41, 5.74) is 23.4. The molecule has 0 saturated carbocycles. The van der Waals surface area contributed by atoms with Crippen molar-refractivity contribution in [2.75, 3.05) is 4.90 Å². The van der Waals surface area contributed by atoms with E-state index in [9.17, 15) is 0 Å². The molecule has 6 heteroatoms. The highest BCUT2D eigenvalue weighted by atomic mass is 19.1. The maximum atomic E-state index is 15.6. The quantitative estimate of drug-likeness (QED) is 0.109. The van der Waals surface area contributed by atoms with E-state index in [1.807, 2.05) is 109 Å². The van der Waals surface area contributed by atoms with Gasteiger partial charge in [0.25, 0.3) is 0 Å². The van der Waals surface area contributed by atoms with Gasteiger partial charge in [0.15, 0.2) is 0 Å². The van der Waals surface area contributed by atoms with E-state index >= 15 is 8.78 Å². The van der Waals surface area contributed by atoms with Crippen LogP contribution >= 0.6 is 0 Å². The standard InChI is InChI=1S/C97H63F2NO3/c1-3-62-28-47-75(48-29-62)101-77-51-37-68(38-52-77)95(66-33-41-70(98)42-34-66)85-22-9-5-20-81(85)83-55-45-73(60-90(83)95)100(72-17-15-16-64(58-72)65-32-57-94-92(59-65)97(89-26-13-14-27-93(89)103-94)87-24-11-7-18-79(87)80-19-8-12-25-88(80)97)74-46-56-84-82-21-6-10-23-86(82)96(91(84)61-74,67-35-43-71(99)44-36-67)69-39-53-78(54-40-69)102-76-49-30-63(4-2)31-50-76/h3-61H,1-2H2. The first-order valence-electron chi connectivity index (χ1n) is 34.8. The lowest BCUT2D eigenvalue weighted by Crippen LogP contribution is -2.32. The van der Waals surface area contributed by atoms with Crippen LogP contribution in [-0.4, -0.2) is 0 Å². The summed E-state index contributed by atoms with van der Waals surface area (Å²) in [6, 6.07) is 119. The van der Waals surface area contributed by atoms with Crippen LogP contribution in [0.5, 0.6) is 34.5 Å². The molecular weight excluding hydrogens is 1270 g/mol. The van der Waals surface area contributed by atoms with Gasteiger partial charge < -0.3 is 19.1 Å². The summed E-state index contributed by atoms with van der Waals surface area (Å²) in [6.07, 6.45) is 3.63. The van der Waals surface area contributed by atoms with Gasteiger partial charge in [-0.3, -0.25) is 0 Å². The van der Waals surface area contributed by atoms with E-state index in [1.165, 1.54) is 22.3 Å². The zero-order valence-corrected chi connectivity index (χ0v) is 55.9. The number of halogens is 2. The highest BCUT2D eigenvalue weighted by molar-refractivity contribution is 5.94. The first-order chi connectivity index (χ1) is 50.7. The van der Waals surface area contributed by atoms with E-state index in [4.69, 9.17) is 14.2 Å². The Balaban J connectivity index is 0.829. The minimum absolute atomic E-state index is 0.324. The summed E-state index contributed by atoms with van der Waals surface area (Å²) >= 11 is 0. The van der Waals surface area contributed by atoms with Gasteiger partial charge >= 0.3 is 0 Å². The summed E-state index contributed by atoms with van der Waals surface area (Å²) in [6.45, 7) is 7.88. The Bertz CT molecular complexity index is 5610. The Hall–Kier alpha value is -13.2. The molecule has 1 heterocycles. The predicted octanol–water partition coefficient (Wildman–Crippen LogP) is 25.2. The van der Waals surface area contributed by atoms with E-state index in [2.05, 4.69) is 243 Å². The van der Waals surface area contributed by atoms with Gasteiger partial charge in [0.05, 0.1) is 16.2 Å². The highest BCUT2D eigenvalue weighted by Crippen LogP contribution is 2.64. The molecule has 0 N–H and O–H groups in total. The van der Waals surface area contributed by atoms with Crippen molar-refractivity contribution in [1.29, 1.82) is 0 Å². The van der Waals surface area contributed by atoms with Gasteiger partial charge in [-0.2, -0.15) is 0 Å². The number of hydrogen-bond acceptors (Lipinski definition) is 4. The Morgan fingerprint density at radius 1 is 0.272 bits per heavy atom. The number of para-hydroxylation sites is 1. The van der Waals surface area contributed by atoms with E-state index in [0.717, 1.165) is 129 Å². The third-order valence-corrected chi connectivity index (χ3v) is 21.7. The molecule has 1 aliphatic heterocycles. The van der Waals surface area contributed by atoms with Gasteiger partial charge in [0.2, 0.25) is 0 Å². The minimum Gasteiger partial charge on any atom is -0.457 e. The molecule has 4 aliphatic rings. The molecule has 4 nitrogen and oxygen atoms in total. The fourth-order valence-electron chi connectivity index (χ4n) is 17.3. The molecule has 2 atom stereocenters. The number of hydrogen-bond donors (Lipinski definition) is 0. The molecule has 19 rings (SSSR count). The van der Waals surface area contributed by atoms with Crippen molar-refractivity contribution >= 4 is 29.2 Å². The van der Waals surface area contributed by atoms with Crippen LogP contribution < -0.4 is 19.1 Å². The molecule has 488 valence electrons. The Morgan fingerprint density at radius 3 is 1.06 bits per heavy atom. The molecule has 0 aromatic heterocycles. The molecule has 15 aromatic carbocycles. The minimum atomic E-state index is -0.952. The molecule has 0 radical (unpaired) electrons. The van der Waals surface area contributed by atoms with Gasteiger partial charge in [0, 0.05) is 28.2 Å². The summed E-state index contributed by atoms with van der Waals surface area (Å²) in [4.78, 5) is 2.38. The second-order valence-corrected chi connectivity index (χ2v) is 26.9. The van der Waals surface area contributed by atoms with Crippen LogP contribution in [0.2, 0.25) is 0 Å². The number of benzene rings is 15. The van der Waals surface area contributed by atoms with Crippen molar-refractivity contribution < 1.29 is 23.0 Å². The van der Waals surface area contributed by atoms with Crippen molar-refractivity contribution in [2.45, 2.75) is 16.2 Å². The SMILES string of the molecule is C=Cc1ccc(Oc2ccc(C3(c4ccc(F)cc4)c4ccccc4-c4ccc(N(c5cccc(-c6ccc7c(c6)C6(c8ccccc8O7)c7ccccc7-c7ccccc76)c5)c5ccc6c(c5)C(c5ccc(F)cc5)(c5ccc(Oc7ccc(C=C)cc7)cc5)c5ccccc5-6)cc43)cc2)cc1. The molecule has 0 fully saturated rings. The van der Waals surface area contributed by atoms with Crippen LogP contribution in [0.1, 0.15) is 77.9 Å². The number of anilines is 3. The molecule has 0 amide bonds. The van der Waals surface area contributed by atoms with Gasteiger partial charge in [-0.1, -0.05) is 244 Å². The number of nitrogens with zero attached hydrogens (tertiary/aromatic N) is 1. The average molecular weight is 1330 g/mol. The molecular formula is C97H63F2NO3. The molecule has 1 spiro atoms. The summed E-state index contributed by atoms with van der Waals surface area (Å²) in [7, 11) is 0. The van der Waals surface area contributed by atoms with E-state index in [-0.39, 0.29) is 11.6 Å². The second kappa shape index (κ2) is 24.0. The van der Waals surface area contributed by atoms with Crippen molar-refractivity contribution in [1.82, 2.24) is 0 Å². The van der Waals surface area contributed by atoms with Crippen LogP contribution in [0, 0.1) is 11.6 Å². The molecule has 0 bridgehead atoms. The van der Waals surface area contributed by atoms with Gasteiger partial charge in [0.1, 0.15) is 46.1 Å². The molecule has 0 saturated heterocycles. The Labute approximate surface area is 597 Å². The lowest BCUT2D eigenvalue weighted by molar-refractivity contribution is 0.436. The summed E-state index contributed by atoms with van der Waals surface area (Å²) < 4.78 is 51.1. The van der Waals surface area contributed by atoms with Crippen molar-refractivity contribution in [3.8, 4) is 79.0 Å². The number of ether oxygens (including phenoxy) is 3. The van der Waals surface area contributed by atoms with Gasteiger partial charge in [-0.15, -0.1) is 0 Å². The monoisotopic (exact) mass is 1330 g/mol. The van der Waals surface area contributed by atoms with Crippen molar-refractivity contribution in [3.05, 3.63) is 448 Å². The Morgan fingerprint density at radius 2 is 0.621 bits per heavy atom. The molecule has 2 unspecified atom stereocenters. The molecule has 15 aromatic rings. The smallest absolute Gasteiger partial charge is 0.132 e. The zero-order chi connectivity index (χ0) is 69.0. The van der Waals surface area contributed by atoms with Crippen LogP contribution in [0.15, 0.2) is 359 Å². The van der Waals surface area contributed by atoms with Crippen LogP contribution in [0.3, 0.4) is 0 Å². The first kappa shape index (κ1) is 61.0. The summed E-state index contributed by atoms with van der Waals surface area (Å²) in [5, 5.41) is 0. The average Bonchev–Trinajstić information content (AvgIpc) is 1.57. The normalized spacial score (nSPS) is 15.6. The lowest BCUT2D eigenvalue weighted by atomic mass is 9.66. The van der Waals surface area contributed by atoms with Crippen molar-refractivity contribution in [3.63, 3.8) is 0 Å². The first-order valence-corrected chi connectivity index (χ1v) is 34.8. The van der Waals surface area contributed by atoms with E-state index in [1.54, 1.807) is 24.3 Å². The lowest BCUT2D eigenvalue weighted by Gasteiger charge is -2.39. The third kappa shape index (κ3) is 9.41. The van der Waals surface area contributed by atoms with Crippen LogP contribution in [0.4, 0.5) is 25.8 Å². The summed E-state index contributed by atoms with van der Waals surface area (Å²) in [5.74, 6) is 3.76. The van der Waals surface area contributed by atoms with Crippen LogP contribution in [-0.2, 0) is 16.2 Å². The fourth-order valence-corrected chi connectivity index (χ4v) is 17.3.